The van der Waals surface area contributed by atoms with E-state index in [-0.39, 0.29) is 17.9 Å². The van der Waals surface area contributed by atoms with E-state index in [1.54, 1.807) is 0 Å². The van der Waals surface area contributed by atoms with Crippen LogP contribution in [0.5, 0.6) is 6.01 Å². The van der Waals surface area contributed by atoms with Gasteiger partial charge in [0.15, 0.2) is 17.9 Å². The van der Waals surface area contributed by atoms with Gasteiger partial charge in [-0.1, -0.05) is 30.3 Å². The van der Waals surface area contributed by atoms with Gasteiger partial charge in [0.05, 0.1) is 6.20 Å². The molecule has 0 aliphatic carbocycles. The number of nitrogens with two attached hydrogens (primary N) is 1. The topological polar surface area (TPSA) is 93.4 Å². The molecule has 1 saturated heterocycles. The van der Waals surface area contributed by atoms with E-state index < -0.39 is 12.0 Å². The SMILES string of the molecule is Nc1nc(OC2CCN(C(C=O)Nc3ccc4ccccc4c3)CC2)ncc1F. The number of halogens is 1. The number of nitrogens with zero attached hydrogens (tertiary/aromatic N) is 3. The van der Waals surface area contributed by atoms with Crippen LogP contribution in [0.1, 0.15) is 12.8 Å². The second kappa shape index (κ2) is 8.40. The Bertz CT molecular complexity index is 1010. The van der Waals surface area contributed by atoms with E-state index in [0.29, 0.717) is 25.9 Å². The fourth-order valence-corrected chi connectivity index (χ4v) is 3.50. The predicted octanol–water partition coefficient (Wildman–Crippen LogP) is 2.83. The molecule has 1 aromatic heterocycles. The molecule has 1 fully saturated rings. The molecule has 2 aromatic carbocycles. The van der Waals surface area contributed by atoms with Gasteiger partial charge in [-0.3, -0.25) is 9.69 Å². The zero-order chi connectivity index (χ0) is 20.2. The molecule has 1 unspecified atom stereocenters. The van der Waals surface area contributed by atoms with E-state index in [2.05, 4.69) is 26.3 Å². The van der Waals surface area contributed by atoms with Gasteiger partial charge in [0, 0.05) is 18.8 Å². The first kappa shape index (κ1) is 19.1. The molecule has 150 valence electrons. The minimum Gasteiger partial charge on any atom is -0.460 e. The highest BCUT2D eigenvalue weighted by molar-refractivity contribution is 5.86. The lowest BCUT2D eigenvalue weighted by Crippen LogP contribution is -2.48. The highest BCUT2D eigenvalue weighted by Gasteiger charge is 2.26. The third-order valence-corrected chi connectivity index (χ3v) is 5.08. The summed E-state index contributed by atoms with van der Waals surface area (Å²) in [4.78, 5) is 21.4. The van der Waals surface area contributed by atoms with E-state index in [4.69, 9.17) is 10.5 Å². The number of carbonyl (C=O) groups excluding carboxylic acids is 1. The summed E-state index contributed by atoms with van der Waals surface area (Å²) < 4.78 is 18.9. The van der Waals surface area contributed by atoms with Crippen molar-refractivity contribution < 1.29 is 13.9 Å². The number of ether oxygens (including phenoxy) is 1. The summed E-state index contributed by atoms with van der Waals surface area (Å²) in [6, 6.07) is 14.2. The van der Waals surface area contributed by atoms with Crippen molar-refractivity contribution in [3.05, 3.63) is 54.5 Å². The Hall–Kier alpha value is -3.26. The van der Waals surface area contributed by atoms with Crippen LogP contribution < -0.4 is 15.8 Å². The van der Waals surface area contributed by atoms with Gasteiger partial charge in [0.1, 0.15) is 12.3 Å². The second-order valence-electron chi connectivity index (χ2n) is 7.03. The number of carbonyl (C=O) groups is 1. The highest BCUT2D eigenvalue weighted by Crippen LogP contribution is 2.22. The van der Waals surface area contributed by atoms with Crippen molar-refractivity contribution in [3.63, 3.8) is 0 Å². The summed E-state index contributed by atoms with van der Waals surface area (Å²) in [5.41, 5.74) is 6.35. The lowest BCUT2D eigenvalue weighted by atomic mass is 10.1. The Morgan fingerprint density at radius 2 is 1.97 bits per heavy atom. The van der Waals surface area contributed by atoms with Crippen molar-refractivity contribution in [3.8, 4) is 6.01 Å². The summed E-state index contributed by atoms with van der Waals surface area (Å²) in [6.45, 7) is 1.34. The summed E-state index contributed by atoms with van der Waals surface area (Å²) in [5, 5.41) is 5.58. The zero-order valence-electron chi connectivity index (χ0n) is 15.8. The van der Waals surface area contributed by atoms with Crippen molar-refractivity contribution >= 4 is 28.6 Å². The molecule has 1 aliphatic heterocycles. The molecule has 0 spiro atoms. The van der Waals surface area contributed by atoms with Crippen LogP contribution in [0.4, 0.5) is 15.9 Å². The van der Waals surface area contributed by atoms with E-state index in [9.17, 15) is 9.18 Å². The quantitative estimate of drug-likeness (QED) is 0.620. The smallest absolute Gasteiger partial charge is 0.318 e. The molecule has 7 nitrogen and oxygen atoms in total. The van der Waals surface area contributed by atoms with Crippen LogP contribution in [0, 0.1) is 5.82 Å². The molecular weight excluding hydrogens is 373 g/mol. The van der Waals surface area contributed by atoms with Crippen LogP contribution in [0.2, 0.25) is 0 Å². The molecule has 3 aromatic rings. The molecule has 29 heavy (non-hydrogen) atoms. The molecule has 1 atom stereocenters. The Morgan fingerprint density at radius 1 is 1.21 bits per heavy atom. The van der Waals surface area contributed by atoms with Crippen LogP contribution in [0.15, 0.2) is 48.7 Å². The van der Waals surface area contributed by atoms with E-state index >= 15 is 0 Å². The fraction of sp³-hybridized carbons (Fsp3) is 0.286. The van der Waals surface area contributed by atoms with Crippen LogP contribution in [0.3, 0.4) is 0 Å². The summed E-state index contributed by atoms with van der Waals surface area (Å²) in [7, 11) is 0. The number of aromatic nitrogens is 2. The monoisotopic (exact) mass is 395 g/mol. The first-order valence-electron chi connectivity index (χ1n) is 9.52. The number of hydrogen-bond acceptors (Lipinski definition) is 7. The lowest BCUT2D eigenvalue weighted by Gasteiger charge is -2.35. The van der Waals surface area contributed by atoms with Crippen molar-refractivity contribution in [1.29, 1.82) is 0 Å². The molecule has 0 saturated carbocycles. The van der Waals surface area contributed by atoms with Gasteiger partial charge < -0.3 is 15.8 Å². The average molecular weight is 395 g/mol. The van der Waals surface area contributed by atoms with Gasteiger partial charge in [0.2, 0.25) is 0 Å². The number of benzene rings is 2. The molecule has 0 amide bonds. The average Bonchev–Trinajstić information content (AvgIpc) is 2.75. The molecular formula is C21H22FN5O2. The van der Waals surface area contributed by atoms with Crippen molar-refractivity contribution in [2.75, 3.05) is 24.1 Å². The van der Waals surface area contributed by atoms with Crippen LogP contribution in [0.25, 0.3) is 10.8 Å². The predicted molar refractivity (Wildman–Crippen MR) is 109 cm³/mol. The number of rotatable bonds is 6. The minimum atomic E-state index is -0.666. The maximum atomic E-state index is 13.2. The van der Waals surface area contributed by atoms with Crippen molar-refractivity contribution in [2.45, 2.75) is 25.1 Å². The molecule has 1 aliphatic rings. The molecule has 2 heterocycles. The lowest BCUT2D eigenvalue weighted by molar-refractivity contribution is -0.112. The first-order chi connectivity index (χ1) is 14.1. The fourth-order valence-electron chi connectivity index (χ4n) is 3.50. The molecule has 0 radical (unpaired) electrons. The van der Waals surface area contributed by atoms with Crippen LogP contribution >= 0.6 is 0 Å². The number of nitrogen functional groups attached to an aromatic ring is 1. The summed E-state index contributed by atoms with van der Waals surface area (Å²) in [6.07, 6.45) is 2.79. The normalized spacial score (nSPS) is 16.4. The van der Waals surface area contributed by atoms with Gasteiger partial charge in [-0.05, 0) is 35.7 Å². The Kier molecular flexibility index (Phi) is 5.53. The molecule has 8 heteroatoms. The van der Waals surface area contributed by atoms with Gasteiger partial charge in [-0.15, -0.1) is 0 Å². The van der Waals surface area contributed by atoms with Crippen LogP contribution in [-0.2, 0) is 4.79 Å². The van der Waals surface area contributed by atoms with Crippen LogP contribution in [-0.4, -0.2) is 46.5 Å². The van der Waals surface area contributed by atoms with E-state index in [0.717, 1.165) is 28.9 Å². The maximum absolute atomic E-state index is 13.2. The number of anilines is 2. The maximum Gasteiger partial charge on any atom is 0.318 e. The van der Waals surface area contributed by atoms with Gasteiger partial charge in [-0.25, -0.2) is 9.37 Å². The Morgan fingerprint density at radius 3 is 2.69 bits per heavy atom. The first-order valence-corrected chi connectivity index (χ1v) is 9.52. The summed E-state index contributed by atoms with van der Waals surface area (Å²) in [5.74, 6) is -0.895. The highest BCUT2D eigenvalue weighted by atomic mass is 19.1. The number of piperidine rings is 1. The van der Waals surface area contributed by atoms with Gasteiger partial charge in [-0.2, -0.15) is 4.98 Å². The number of likely N-dealkylation sites (tertiary alicyclic amines) is 1. The van der Waals surface area contributed by atoms with Crippen molar-refractivity contribution in [1.82, 2.24) is 14.9 Å². The zero-order valence-corrected chi connectivity index (χ0v) is 15.8. The van der Waals surface area contributed by atoms with E-state index in [1.165, 1.54) is 0 Å². The van der Waals surface area contributed by atoms with E-state index in [1.807, 2.05) is 36.4 Å². The largest absolute Gasteiger partial charge is 0.460 e. The third kappa shape index (κ3) is 4.43. The Balaban J connectivity index is 1.35. The molecule has 0 bridgehead atoms. The number of fused-ring (bicyclic) bond motifs is 1. The molecule has 3 N–H and O–H groups in total. The number of aldehydes is 1. The third-order valence-electron chi connectivity index (χ3n) is 5.08. The second-order valence-corrected chi connectivity index (χ2v) is 7.03. The molecule has 4 rings (SSSR count). The standard InChI is InChI=1S/C21H22FN5O2/c22-18-12-24-21(26-20(18)23)29-17-7-9-27(10-8-17)19(13-28)25-16-6-5-14-3-1-2-4-15(14)11-16/h1-6,11-13,17,19,25H,7-10H2,(H2,23,24,26). The minimum absolute atomic E-state index is 0.0728. The summed E-state index contributed by atoms with van der Waals surface area (Å²) >= 11 is 0. The Labute approximate surface area is 167 Å². The number of nitrogens with one attached hydrogen (secondary N) is 1. The van der Waals surface area contributed by atoms with Gasteiger partial charge >= 0.3 is 6.01 Å². The van der Waals surface area contributed by atoms with Crippen molar-refractivity contribution in [2.24, 2.45) is 0 Å². The van der Waals surface area contributed by atoms with Gasteiger partial charge in [0.25, 0.3) is 0 Å². The number of hydrogen-bond donors (Lipinski definition) is 2.